The minimum absolute atomic E-state index is 0.357. The van der Waals surface area contributed by atoms with E-state index in [4.69, 9.17) is 14.2 Å². The molecule has 0 unspecified atom stereocenters. The van der Waals surface area contributed by atoms with Crippen LogP contribution in [-0.2, 0) is 0 Å². The van der Waals surface area contributed by atoms with Crippen LogP contribution < -0.4 is 14.2 Å². The second-order valence-electron chi connectivity index (χ2n) is 2.50. The van der Waals surface area contributed by atoms with Gasteiger partial charge in [0.2, 0.25) is 0 Å². The molecule has 0 spiro atoms. The van der Waals surface area contributed by atoms with Gasteiger partial charge in [-0.25, -0.2) is 0 Å². The lowest BCUT2D eigenvalue weighted by Crippen LogP contribution is -1.96. The van der Waals surface area contributed by atoms with Gasteiger partial charge in [0.15, 0.2) is 6.29 Å². The molecule has 0 heterocycles. The molecule has 1 radical (unpaired) electrons. The van der Waals surface area contributed by atoms with Crippen molar-refractivity contribution in [2.45, 2.75) is 0 Å². The Morgan fingerprint density at radius 2 is 1.71 bits per heavy atom. The van der Waals surface area contributed by atoms with E-state index in [1.807, 2.05) is 0 Å². The topological polar surface area (TPSA) is 44.8 Å². The zero-order valence-electron chi connectivity index (χ0n) is 8.07. The third-order valence-corrected chi connectivity index (χ3v) is 1.80. The first-order valence-corrected chi connectivity index (χ1v) is 3.90. The monoisotopic (exact) mass is 195 g/mol. The van der Waals surface area contributed by atoms with Gasteiger partial charge in [-0.2, -0.15) is 0 Å². The van der Waals surface area contributed by atoms with E-state index in [0.717, 1.165) is 0 Å². The summed E-state index contributed by atoms with van der Waals surface area (Å²) in [6.07, 6.45) is 0.671. The number of carbonyl (C=O) groups is 1. The van der Waals surface area contributed by atoms with Gasteiger partial charge in [-0.15, -0.1) is 0 Å². The van der Waals surface area contributed by atoms with E-state index in [-0.39, 0.29) is 0 Å². The van der Waals surface area contributed by atoms with E-state index in [0.29, 0.717) is 29.1 Å². The first kappa shape index (κ1) is 10.4. The standard InChI is InChI=1S/C10H11O4/c1-12-7-4-9(13-2)8(6-11)10(5-7)14-3/h4-6H,1H2,2-3H3. The zero-order valence-corrected chi connectivity index (χ0v) is 8.07. The molecule has 0 aromatic heterocycles. The number of benzene rings is 1. The number of ether oxygens (including phenoxy) is 3. The summed E-state index contributed by atoms with van der Waals surface area (Å²) in [7, 11) is 6.20. The summed E-state index contributed by atoms with van der Waals surface area (Å²) in [5.41, 5.74) is 0.357. The third-order valence-electron chi connectivity index (χ3n) is 1.80. The van der Waals surface area contributed by atoms with E-state index in [1.54, 1.807) is 12.1 Å². The highest BCUT2D eigenvalue weighted by Gasteiger charge is 2.11. The molecule has 0 aliphatic carbocycles. The first-order valence-electron chi connectivity index (χ1n) is 3.90. The molecule has 4 nitrogen and oxygen atoms in total. The van der Waals surface area contributed by atoms with Gasteiger partial charge in [0.25, 0.3) is 0 Å². The molecule has 0 fully saturated rings. The van der Waals surface area contributed by atoms with Crippen molar-refractivity contribution >= 4 is 6.29 Å². The lowest BCUT2D eigenvalue weighted by atomic mass is 10.2. The Kier molecular flexibility index (Phi) is 3.34. The molecule has 1 rings (SSSR count). The molecule has 0 N–H and O–H groups in total. The molecule has 0 atom stereocenters. The van der Waals surface area contributed by atoms with Crippen molar-refractivity contribution in [2.24, 2.45) is 0 Å². The third kappa shape index (κ3) is 1.79. The Hall–Kier alpha value is -1.71. The largest absolute Gasteiger partial charge is 0.496 e. The number of aldehydes is 1. The number of rotatable bonds is 4. The average molecular weight is 195 g/mol. The van der Waals surface area contributed by atoms with Gasteiger partial charge in [-0.1, -0.05) is 0 Å². The summed E-state index contributed by atoms with van der Waals surface area (Å²) in [5, 5.41) is 0. The van der Waals surface area contributed by atoms with E-state index in [1.165, 1.54) is 14.2 Å². The summed E-state index contributed by atoms with van der Waals surface area (Å²) in [6.45, 7) is 0. The number of hydrogen-bond donors (Lipinski definition) is 0. The van der Waals surface area contributed by atoms with Crippen molar-refractivity contribution in [3.05, 3.63) is 24.8 Å². The smallest absolute Gasteiger partial charge is 0.157 e. The predicted octanol–water partition coefficient (Wildman–Crippen LogP) is 1.69. The van der Waals surface area contributed by atoms with Crippen molar-refractivity contribution in [3.8, 4) is 17.2 Å². The highest BCUT2D eigenvalue weighted by atomic mass is 16.5. The molecule has 0 aliphatic rings. The first-order chi connectivity index (χ1) is 6.76. The van der Waals surface area contributed by atoms with Crippen LogP contribution in [0.1, 0.15) is 10.4 Å². The summed E-state index contributed by atoms with van der Waals surface area (Å²) in [6, 6.07) is 3.14. The van der Waals surface area contributed by atoms with Gasteiger partial charge >= 0.3 is 0 Å². The summed E-state index contributed by atoms with van der Waals surface area (Å²) < 4.78 is 14.8. The van der Waals surface area contributed by atoms with Gasteiger partial charge in [0.1, 0.15) is 24.4 Å². The fourth-order valence-corrected chi connectivity index (χ4v) is 1.11. The Morgan fingerprint density at radius 3 is 2.00 bits per heavy atom. The zero-order chi connectivity index (χ0) is 10.6. The van der Waals surface area contributed by atoms with Crippen molar-refractivity contribution < 1.29 is 19.0 Å². The average Bonchev–Trinajstić information content (AvgIpc) is 2.26. The van der Waals surface area contributed by atoms with Gasteiger partial charge in [0, 0.05) is 12.1 Å². The maximum atomic E-state index is 10.7. The second-order valence-corrected chi connectivity index (χ2v) is 2.50. The van der Waals surface area contributed by atoms with Gasteiger partial charge < -0.3 is 14.2 Å². The molecule has 0 saturated heterocycles. The maximum absolute atomic E-state index is 10.7. The molecule has 75 valence electrons. The second kappa shape index (κ2) is 4.50. The quantitative estimate of drug-likeness (QED) is 0.686. The van der Waals surface area contributed by atoms with Crippen LogP contribution in [-0.4, -0.2) is 20.5 Å². The van der Waals surface area contributed by atoms with E-state index in [9.17, 15) is 4.79 Å². The van der Waals surface area contributed by atoms with E-state index < -0.39 is 0 Å². The molecule has 1 aromatic carbocycles. The van der Waals surface area contributed by atoms with Crippen LogP contribution in [0.5, 0.6) is 17.2 Å². The fraction of sp³-hybridized carbons (Fsp3) is 0.200. The molecular weight excluding hydrogens is 184 g/mol. The normalized spacial score (nSPS) is 9.36. The summed E-state index contributed by atoms with van der Waals surface area (Å²) >= 11 is 0. The molecule has 0 aliphatic heterocycles. The highest BCUT2D eigenvalue weighted by Crippen LogP contribution is 2.32. The van der Waals surface area contributed by atoms with Crippen LogP contribution in [0.3, 0.4) is 0 Å². The summed E-state index contributed by atoms with van der Waals surface area (Å²) in [4.78, 5) is 10.7. The van der Waals surface area contributed by atoms with E-state index >= 15 is 0 Å². The minimum Gasteiger partial charge on any atom is -0.496 e. The van der Waals surface area contributed by atoms with Crippen LogP contribution >= 0.6 is 0 Å². The molecule has 14 heavy (non-hydrogen) atoms. The molecule has 0 saturated carbocycles. The van der Waals surface area contributed by atoms with E-state index in [2.05, 4.69) is 7.11 Å². The highest BCUT2D eigenvalue weighted by molar-refractivity contribution is 5.84. The van der Waals surface area contributed by atoms with Crippen LogP contribution in [0.2, 0.25) is 0 Å². The van der Waals surface area contributed by atoms with Gasteiger partial charge in [0.05, 0.1) is 19.8 Å². The van der Waals surface area contributed by atoms with Crippen LogP contribution in [0.15, 0.2) is 12.1 Å². The Balaban J connectivity index is 3.31. The Morgan fingerprint density at radius 1 is 1.21 bits per heavy atom. The van der Waals surface area contributed by atoms with Crippen molar-refractivity contribution in [2.75, 3.05) is 14.2 Å². The fourth-order valence-electron chi connectivity index (χ4n) is 1.11. The number of hydrogen-bond acceptors (Lipinski definition) is 4. The van der Waals surface area contributed by atoms with Crippen molar-refractivity contribution in [1.82, 2.24) is 0 Å². The Bertz CT molecular complexity index is 308. The lowest BCUT2D eigenvalue weighted by Gasteiger charge is -2.10. The summed E-state index contributed by atoms with van der Waals surface area (Å²) in [5.74, 6) is 1.28. The van der Waals surface area contributed by atoms with Gasteiger partial charge in [-0.3, -0.25) is 4.79 Å². The van der Waals surface area contributed by atoms with Gasteiger partial charge in [-0.05, 0) is 0 Å². The molecule has 0 bridgehead atoms. The van der Waals surface area contributed by atoms with Crippen LogP contribution in [0.25, 0.3) is 0 Å². The predicted molar refractivity (Wildman–Crippen MR) is 50.9 cm³/mol. The number of methoxy groups -OCH3 is 2. The van der Waals surface area contributed by atoms with Crippen LogP contribution in [0.4, 0.5) is 0 Å². The number of carbonyl (C=O) groups excluding carboxylic acids is 1. The minimum atomic E-state index is 0.357. The molecule has 1 aromatic rings. The molecular formula is C10H11O4. The Labute approximate surface area is 82.4 Å². The van der Waals surface area contributed by atoms with Crippen LogP contribution in [0, 0.1) is 7.11 Å². The molecule has 0 amide bonds. The lowest BCUT2D eigenvalue weighted by molar-refractivity contribution is 0.111. The maximum Gasteiger partial charge on any atom is 0.157 e. The SMILES string of the molecule is [CH2]Oc1cc(OC)c(C=O)c(OC)c1. The molecule has 4 heteroatoms. The van der Waals surface area contributed by atoms with Crippen molar-refractivity contribution in [1.29, 1.82) is 0 Å². The van der Waals surface area contributed by atoms with Crippen molar-refractivity contribution in [3.63, 3.8) is 0 Å².